The first-order valence-corrected chi connectivity index (χ1v) is 6.04. The third-order valence-corrected chi connectivity index (χ3v) is 3.12. The predicted octanol–water partition coefficient (Wildman–Crippen LogP) is 2.40. The quantitative estimate of drug-likeness (QED) is 0.873. The van der Waals surface area contributed by atoms with Crippen molar-refractivity contribution in [2.24, 2.45) is 5.92 Å². The minimum atomic E-state index is 0.854. The first kappa shape index (κ1) is 10.3. The molecule has 1 aliphatic rings. The Balaban J connectivity index is 1.89. The average Bonchev–Trinajstić information content (AvgIpc) is 3.09. The van der Waals surface area contributed by atoms with Crippen LogP contribution < -0.4 is 5.32 Å². The summed E-state index contributed by atoms with van der Waals surface area (Å²) in [4.78, 5) is 8.68. The number of imidazole rings is 1. The molecule has 0 unspecified atom stereocenters. The Morgan fingerprint density at radius 3 is 2.94 bits per heavy atom. The zero-order chi connectivity index (χ0) is 11.7. The third kappa shape index (κ3) is 2.16. The molecule has 1 saturated carbocycles. The highest BCUT2D eigenvalue weighted by Crippen LogP contribution is 2.29. The molecule has 88 valence electrons. The van der Waals surface area contributed by atoms with Gasteiger partial charge in [0.1, 0.15) is 5.82 Å². The van der Waals surface area contributed by atoms with E-state index in [0.29, 0.717) is 0 Å². The maximum Gasteiger partial charge on any atom is 0.161 e. The second kappa shape index (κ2) is 4.20. The molecule has 17 heavy (non-hydrogen) atoms. The molecule has 0 radical (unpaired) electrons. The number of aromatic nitrogens is 3. The Kier molecular flexibility index (Phi) is 2.55. The number of hydrogen-bond acceptors (Lipinski definition) is 3. The summed E-state index contributed by atoms with van der Waals surface area (Å²) in [6, 6.07) is 4.04. The Morgan fingerprint density at radius 1 is 1.35 bits per heavy atom. The van der Waals surface area contributed by atoms with E-state index in [1.165, 1.54) is 12.8 Å². The van der Waals surface area contributed by atoms with Crippen LogP contribution in [0.2, 0.25) is 0 Å². The second-order valence-electron chi connectivity index (χ2n) is 4.54. The molecule has 0 bridgehead atoms. The van der Waals surface area contributed by atoms with Crippen molar-refractivity contribution in [3.05, 3.63) is 36.5 Å². The van der Waals surface area contributed by atoms with Gasteiger partial charge in [-0.3, -0.25) is 4.57 Å². The molecule has 0 amide bonds. The molecule has 0 aliphatic heterocycles. The van der Waals surface area contributed by atoms with E-state index < -0.39 is 0 Å². The fourth-order valence-electron chi connectivity index (χ4n) is 1.90. The molecule has 0 saturated heterocycles. The van der Waals surface area contributed by atoms with Crippen molar-refractivity contribution in [1.82, 2.24) is 14.5 Å². The minimum Gasteiger partial charge on any atom is -0.382 e. The highest BCUT2D eigenvalue weighted by atomic mass is 15.1. The fourth-order valence-corrected chi connectivity index (χ4v) is 1.90. The fraction of sp³-hybridized carbons (Fsp3) is 0.385. The average molecular weight is 228 g/mol. The lowest BCUT2D eigenvalue weighted by molar-refractivity contribution is 0.876. The van der Waals surface area contributed by atoms with Gasteiger partial charge in [-0.2, -0.15) is 0 Å². The summed E-state index contributed by atoms with van der Waals surface area (Å²) in [5.41, 5.74) is 1.08. The molecule has 0 atom stereocenters. The van der Waals surface area contributed by atoms with Crippen LogP contribution in [0.15, 0.2) is 30.7 Å². The van der Waals surface area contributed by atoms with Gasteiger partial charge in [0.2, 0.25) is 0 Å². The largest absolute Gasteiger partial charge is 0.382 e. The summed E-state index contributed by atoms with van der Waals surface area (Å²) in [5, 5.41) is 3.48. The molecule has 2 heterocycles. The Labute approximate surface area is 101 Å². The van der Waals surface area contributed by atoms with Gasteiger partial charge in [-0.25, -0.2) is 9.97 Å². The van der Waals surface area contributed by atoms with E-state index in [0.717, 1.165) is 29.8 Å². The molecule has 3 rings (SSSR count). The van der Waals surface area contributed by atoms with Crippen molar-refractivity contribution in [3.63, 3.8) is 0 Å². The zero-order valence-corrected chi connectivity index (χ0v) is 9.93. The second-order valence-corrected chi connectivity index (χ2v) is 4.54. The van der Waals surface area contributed by atoms with Crippen LogP contribution in [0.1, 0.15) is 18.7 Å². The number of anilines is 1. The lowest BCUT2D eigenvalue weighted by atomic mass is 10.3. The van der Waals surface area contributed by atoms with Crippen LogP contribution in [-0.4, -0.2) is 21.1 Å². The van der Waals surface area contributed by atoms with Gasteiger partial charge in [0.15, 0.2) is 5.82 Å². The molecule has 1 N–H and O–H groups in total. The summed E-state index contributed by atoms with van der Waals surface area (Å²) >= 11 is 0. The molecule has 2 aromatic heterocycles. The summed E-state index contributed by atoms with van der Waals surface area (Å²) < 4.78 is 2.01. The van der Waals surface area contributed by atoms with E-state index in [-0.39, 0.29) is 0 Å². The van der Waals surface area contributed by atoms with Gasteiger partial charge in [-0.1, -0.05) is 0 Å². The number of pyridine rings is 1. The van der Waals surface area contributed by atoms with E-state index in [2.05, 4.69) is 21.4 Å². The van der Waals surface area contributed by atoms with E-state index in [1.807, 2.05) is 30.0 Å². The molecule has 0 aromatic carbocycles. The number of nitrogens with zero attached hydrogens (tertiary/aromatic N) is 3. The van der Waals surface area contributed by atoms with Gasteiger partial charge in [0.05, 0.1) is 5.69 Å². The van der Waals surface area contributed by atoms with E-state index in [9.17, 15) is 0 Å². The van der Waals surface area contributed by atoms with Crippen molar-refractivity contribution < 1.29 is 0 Å². The molecule has 2 aromatic rings. The molecular formula is C13H16N4. The minimum absolute atomic E-state index is 0.854. The topological polar surface area (TPSA) is 42.7 Å². The van der Waals surface area contributed by atoms with E-state index in [4.69, 9.17) is 0 Å². The molecule has 0 spiro atoms. The van der Waals surface area contributed by atoms with Crippen LogP contribution in [0.3, 0.4) is 0 Å². The summed E-state index contributed by atoms with van der Waals surface area (Å²) in [6.07, 6.45) is 8.27. The van der Waals surface area contributed by atoms with Crippen LogP contribution in [0.25, 0.3) is 5.82 Å². The molecule has 1 fully saturated rings. The number of nitrogens with one attached hydrogen (secondary N) is 1. The van der Waals surface area contributed by atoms with Crippen LogP contribution in [0.4, 0.5) is 5.69 Å². The van der Waals surface area contributed by atoms with Gasteiger partial charge >= 0.3 is 0 Å². The zero-order valence-electron chi connectivity index (χ0n) is 9.93. The Morgan fingerprint density at radius 2 is 2.24 bits per heavy atom. The van der Waals surface area contributed by atoms with Crippen LogP contribution in [-0.2, 0) is 0 Å². The lowest BCUT2D eigenvalue weighted by Gasteiger charge is -2.12. The smallest absolute Gasteiger partial charge is 0.161 e. The molecule has 4 nitrogen and oxygen atoms in total. The standard InChI is InChI=1S/C13H16N4/c1-10-14-7-8-17(10)13-12(3-2-6-15-13)16-9-11-4-5-11/h2-3,6-8,11,16H,4-5,9H2,1H3. The monoisotopic (exact) mass is 228 g/mol. The highest BCUT2D eigenvalue weighted by Gasteiger charge is 2.21. The van der Waals surface area contributed by atoms with Crippen molar-refractivity contribution in [3.8, 4) is 5.82 Å². The number of hydrogen-bond donors (Lipinski definition) is 1. The van der Waals surface area contributed by atoms with Crippen molar-refractivity contribution in [2.75, 3.05) is 11.9 Å². The van der Waals surface area contributed by atoms with Gasteiger partial charge in [0.25, 0.3) is 0 Å². The highest BCUT2D eigenvalue weighted by molar-refractivity contribution is 5.57. The van der Waals surface area contributed by atoms with E-state index in [1.54, 1.807) is 6.20 Å². The van der Waals surface area contributed by atoms with Gasteiger partial charge in [-0.15, -0.1) is 0 Å². The van der Waals surface area contributed by atoms with Gasteiger partial charge in [-0.05, 0) is 37.8 Å². The first-order valence-electron chi connectivity index (χ1n) is 6.04. The van der Waals surface area contributed by atoms with Gasteiger partial charge in [0, 0.05) is 25.1 Å². The summed E-state index contributed by atoms with van der Waals surface area (Å²) in [7, 11) is 0. The maximum atomic E-state index is 4.44. The molecule has 4 heteroatoms. The summed E-state index contributed by atoms with van der Waals surface area (Å²) in [5.74, 6) is 2.74. The predicted molar refractivity (Wildman–Crippen MR) is 67.3 cm³/mol. The third-order valence-electron chi connectivity index (χ3n) is 3.12. The number of aryl methyl sites for hydroxylation is 1. The van der Waals surface area contributed by atoms with Crippen LogP contribution in [0, 0.1) is 12.8 Å². The summed E-state index contributed by atoms with van der Waals surface area (Å²) in [6.45, 7) is 3.03. The SMILES string of the molecule is Cc1nccn1-c1ncccc1NCC1CC1. The van der Waals surface area contributed by atoms with Crippen LogP contribution >= 0.6 is 0 Å². The van der Waals surface area contributed by atoms with Gasteiger partial charge < -0.3 is 5.32 Å². The molecular weight excluding hydrogens is 212 g/mol. The van der Waals surface area contributed by atoms with Crippen molar-refractivity contribution in [1.29, 1.82) is 0 Å². The maximum absolute atomic E-state index is 4.44. The lowest BCUT2D eigenvalue weighted by Crippen LogP contribution is -2.08. The number of rotatable bonds is 4. The van der Waals surface area contributed by atoms with E-state index >= 15 is 0 Å². The molecule has 1 aliphatic carbocycles. The Bertz CT molecular complexity index is 514. The normalized spacial score (nSPS) is 14.9. The van der Waals surface area contributed by atoms with Crippen molar-refractivity contribution >= 4 is 5.69 Å². The first-order chi connectivity index (χ1) is 8.34. The Hall–Kier alpha value is -1.84. The van der Waals surface area contributed by atoms with Crippen molar-refractivity contribution in [2.45, 2.75) is 19.8 Å². The van der Waals surface area contributed by atoms with Crippen LogP contribution in [0.5, 0.6) is 0 Å².